The first kappa shape index (κ1) is 24.5. The van der Waals surface area contributed by atoms with Gasteiger partial charge in [-0.2, -0.15) is 0 Å². The van der Waals surface area contributed by atoms with Gasteiger partial charge >= 0.3 is 6.09 Å². The van der Waals surface area contributed by atoms with E-state index in [0.29, 0.717) is 30.6 Å². The number of ether oxygens (including phenoxy) is 1. The van der Waals surface area contributed by atoms with Crippen LogP contribution in [-0.2, 0) is 9.53 Å². The minimum absolute atomic E-state index is 0.120. The fourth-order valence-electron chi connectivity index (χ4n) is 7.49. The summed E-state index contributed by atoms with van der Waals surface area (Å²) in [5.41, 5.74) is -1.84. The quantitative estimate of drug-likeness (QED) is 0.386. The van der Waals surface area contributed by atoms with E-state index in [0.717, 1.165) is 44.4 Å². The summed E-state index contributed by atoms with van der Waals surface area (Å²) < 4.78 is 5.53. The Morgan fingerprint density at radius 2 is 1.79 bits per heavy atom. The lowest BCUT2D eigenvalue weighted by Crippen LogP contribution is -2.66. The van der Waals surface area contributed by atoms with Crippen molar-refractivity contribution >= 4 is 18.2 Å². The summed E-state index contributed by atoms with van der Waals surface area (Å²) in [7, 11) is 0. The molecule has 7 nitrogen and oxygen atoms in total. The molecule has 0 aromatic carbocycles. The fourth-order valence-corrected chi connectivity index (χ4v) is 7.49. The molecule has 5 aliphatic carbocycles. The predicted octanol–water partition coefficient (Wildman–Crippen LogP) is 4.17. The number of carbonyl (C=O) groups excluding carboxylic acids is 2. The minimum Gasteiger partial charge on any atom is -0.444 e. The molecule has 186 valence electrons. The summed E-state index contributed by atoms with van der Waals surface area (Å²) >= 11 is 0. The van der Waals surface area contributed by atoms with E-state index in [1.807, 2.05) is 20.8 Å². The number of alkyl carbamates (subject to hydrolysis) is 1. The summed E-state index contributed by atoms with van der Waals surface area (Å²) in [6.07, 6.45) is 9.60. The van der Waals surface area contributed by atoms with Crippen LogP contribution >= 0.6 is 0 Å². The molecule has 4 N–H and O–H groups in total. The molecule has 0 spiro atoms. The van der Waals surface area contributed by atoms with Crippen molar-refractivity contribution in [2.45, 2.75) is 115 Å². The zero-order chi connectivity index (χ0) is 24.0. The van der Waals surface area contributed by atoms with Crippen molar-refractivity contribution in [1.82, 2.24) is 10.6 Å². The average Bonchev–Trinajstić information content (AvgIpc) is 3.48. The number of nitrogens with one attached hydrogen (secondary N) is 3. The lowest BCUT2D eigenvalue weighted by molar-refractivity contribution is -0.177. The van der Waals surface area contributed by atoms with Gasteiger partial charge in [0.1, 0.15) is 11.6 Å². The summed E-state index contributed by atoms with van der Waals surface area (Å²) in [4.78, 5) is 26.6. The normalized spacial score (nSPS) is 35.4. The van der Waals surface area contributed by atoms with Crippen LogP contribution < -0.4 is 10.6 Å². The Hall–Kier alpha value is -1.63. The third-order valence-corrected chi connectivity index (χ3v) is 8.44. The molecule has 0 aliphatic heterocycles. The molecule has 2 unspecified atom stereocenters. The van der Waals surface area contributed by atoms with Gasteiger partial charge in [-0.05, 0) is 108 Å². The highest BCUT2D eigenvalue weighted by Crippen LogP contribution is 2.62. The average molecular weight is 462 g/mol. The molecule has 5 saturated carbocycles. The molecule has 5 atom stereocenters. The number of hydrogen-bond acceptors (Lipinski definition) is 5. The van der Waals surface area contributed by atoms with Crippen LogP contribution in [0.2, 0.25) is 0 Å². The number of hydrogen-bond donors (Lipinski definition) is 4. The van der Waals surface area contributed by atoms with Gasteiger partial charge in [-0.1, -0.05) is 6.92 Å². The second kappa shape index (κ2) is 8.86. The second-order valence-electron chi connectivity index (χ2n) is 12.8. The lowest BCUT2D eigenvalue weighted by Gasteiger charge is -2.62. The van der Waals surface area contributed by atoms with Crippen molar-refractivity contribution in [3.05, 3.63) is 0 Å². The smallest absolute Gasteiger partial charge is 0.408 e. The number of rotatable bonds is 9. The molecular formula is C26H43N3O4. The first-order valence-corrected chi connectivity index (χ1v) is 12.9. The number of amides is 2. The van der Waals surface area contributed by atoms with Gasteiger partial charge in [-0.25, -0.2) is 4.79 Å². The van der Waals surface area contributed by atoms with E-state index in [2.05, 4.69) is 17.6 Å². The molecule has 5 aliphatic rings. The minimum atomic E-state index is -0.741. The maximum absolute atomic E-state index is 13.8. The topological polar surface area (TPSA) is 112 Å². The first-order chi connectivity index (χ1) is 15.4. The molecular weight excluding hydrogens is 418 g/mol. The van der Waals surface area contributed by atoms with Crippen LogP contribution in [0.4, 0.5) is 4.79 Å². The van der Waals surface area contributed by atoms with Crippen LogP contribution in [-0.4, -0.2) is 46.6 Å². The summed E-state index contributed by atoms with van der Waals surface area (Å²) in [6.45, 7) is 7.67. The largest absolute Gasteiger partial charge is 0.444 e. The predicted molar refractivity (Wildman–Crippen MR) is 127 cm³/mol. The Morgan fingerprint density at radius 3 is 2.30 bits per heavy atom. The highest BCUT2D eigenvalue weighted by atomic mass is 16.6. The zero-order valence-corrected chi connectivity index (χ0v) is 20.8. The molecule has 0 aromatic heterocycles. The van der Waals surface area contributed by atoms with E-state index in [1.54, 1.807) is 0 Å². The van der Waals surface area contributed by atoms with Crippen molar-refractivity contribution in [1.29, 1.82) is 5.41 Å². The van der Waals surface area contributed by atoms with Crippen molar-refractivity contribution < 1.29 is 19.4 Å². The Morgan fingerprint density at radius 1 is 1.15 bits per heavy atom. The van der Waals surface area contributed by atoms with Gasteiger partial charge in [0.2, 0.25) is 5.91 Å². The van der Waals surface area contributed by atoms with E-state index in [-0.39, 0.29) is 11.9 Å². The maximum atomic E-state index is 13.8. The van der Waals surface area contributed by atoms with Crippen molar-refractivity contribution in [2.24, 2.45) is 29.1 Å². The Bertz CT molecular complexity index is 758. The van der Waals surface area contributed by atoms with Crippen LogP contribution in [0.5, 0.6) is 0 Å². The monoisotopic (exact) mass is 461 g/mol. The van der Waals surface area contributed by atoms with Crippen LogP contribution in [0.1, 0.15) is 91.9 Å². The second-order valence-corrected chi connectivity index (χ2v) is 12.8. The van der Waals surface area contributed by atoms with Crippen molar-refractivity contribution in [3.8, 4) is 0 Å². The van der Waals surface area contributed by atoms with E-state index in [1.165, 1.54) is 19.1 Å². The van der Waals surface area contributed by atoms with Crippen molar-refractivity contribution in [3.63, 3.8) is 0 Å². The van der Waals surface area contributed by atoms with Gasteiger partial charge in [0.15, 0.2) is 0 Å². The van der Waals surface area contributed by atoms with E-state index < -0.39 is 28.8 Å². The number of aliphatic hydroxyl groups is 1. The zero-order valence-electron chi connectivity index (χ0n) is 20.8. The van der Waals surface area contributed by atoms with Crippen LogP contribution in [0, 0.1) is 34.5 Å². The fraction of sp³-hybridized carbons (Fsp3) is 0.885. The Kier molecular flexibility index (Phi) is 6.58. The molecule has 5 rings (SSSR count). The molecule has 0 aromatic rings. The summed E-state index contributed by atoms with van der Waals surface area (Å²) in [6, 6.07) is -0.861. The first-order valence-electron chi connectivity index (χ1n) is 12.9. The van der Waals surface area contributed by atoms with Gasteiger partial charge in [0.05, 0.1) is 5.60 Å². The SMILES string of the molecule is C[C@@H](C[C@@H](CC=N)NC(=O)[C@@H](NC(=O)OC(C)(C)C)C12CC3CC(CC(O)(C3)C1)C2)C1CC1. The van der Waals surface area contributed by atoms with Crippen LogP contribution in [0.15, 0.2) is 0 Å². The van der Waals surface area contributed by atoms with Gasteiger partial charge in [0.25, 0.3) is 0 Å². The van der Waals surface area contributed by atoms with Gasteiger partial charge < -0.3 is 25.9 Å². The maximum Gasteiger partial charge on any atom is 0.408 e. The van der Waals surface area contributed by atoms with E-state index in [9.17, 15) is 14.7 Å². The van der Waals surface area contributed by atoms with Crippen LogP contribution in [0.3, 0.4) is 0 Å². The molecule has 2 amide bonds. The molecule has 0 heterocycles. The molecule has 4 bridgehead atoms. The van der Waals surface area contributed by atoms with E-state index in [4.69, 9.17) is 10.1 Å². The summed E-state index contributed by atoms with van der Waals surface area (Å²) in [5, 5.41) is 25.0. The highest BCUT2D eigenvalue weighted by Gasteiger charge is 2.61. The van der Waals surface area contributed by atoms with Gasteiger partial charge in [-0.3, -0.25) is 4.79 Å². The Balaban J connectivity index is 1.55. The molecule has 0 saturated heterocycles. The molecule has 7 heteroatoms. The Labute approximate surface area is 198 Å². The number of carbonyl (C=O) groups is 2. The molecule has 5 fully saturated rings. The highest BCUT2D eigenvalue weighted by molar-refractivity contribution is 5.87. The van der Waals surface area contributed by atoms with Gasteiger partial charge in [0, 0.05) is 17.9 Å². The van der Waals surface area contributed by atoms with Crippen molar-refractivity contribution in [2.75, 3.05) is 0 Å². The molecule has 33 heavy (non-hydrogen) atoms. The third-order valence-electron chi connectivity index (χ3n) is 8.44. The third kappa shape index (κ3) is 5.72. The molecule has 0 radical (unpaired) electrons. The summed E-state index contributed by atoms with van der Waals surface area (Å²) in [5.74, 6) is 1.84. The van der Waals surface area contributed by atoms with E-state index >= 15 is 0 Å². The van der Waals surface area contributed by atoms with Gasteiger partial charge in [-0.15, -0.1) is 0 Å². The van der Waals surface area contributed by atoms with Crippen LogP contribution in [0.25, 0.3) is 0 Å². The standard InChI is InChI=1S/C26H43N3O4/c1-16(19-5-6-19)9-20(7-8-27)28-22(30)21(29-23(31)33-24(2,3)4)25-11-17-10-18(12-25)14-26(32,13-17)15-25/h8,16-21,27,32H,5-7,9-15H2,1-4H3,(H,28,30)(H,29,31)/t16-,17?,18?,20+,21+,25?,26?/m0/s1. The lowest BCUT2D eigenvalue weighted by atomic mass is 9.46.